The van der Waals surface area contributed by atoms with Crippen molar-refractivity contribution in [2.75, 3.05) is 31.1 Å². The summed E-state index contributed by atoms with van der Waals surface area (Å²) < 4.78 is 52.0. The molecule has 6 nitrogen and oxygen atoms in total. The molecule has 0 spiro atoms. The van der Waals surface area contributed by atoms with E-state index in [4.69, 9.17) is 0 Å². The largest absolute Gasteiger partial charge is 0.368 e. The third-order valence-electron chi connectivity index (χ3n) is 4.16. The van der Waals surface area contributed by atoms with Gasteiger partial charge in [-0.3, -0.25) is 14.7 Å². The van der Waals surface area contributed by atoms with Crippen molar-refractivity contribution in [2.24, 2.45) is 0 Å². The standard InChI is InChI=1S/C16H17F4N5O/c17-11-5-13(18)14(21-7-11)9-23-1-3-24(4-2-23)12-6-16(26)25(22-8-12)10-15(19)20/h5-8,15H,1-4,9-10H2. The highest BCUT2D eigenvalue weighted by Crippen LogP contribution is 2.15. The Morgan fingerprint density at radius 1 is 1.08 bits per heavy atom. The van der Waals surface area contributed by atoms with Crippen LogP contribution in [0.15, 0.2) is 29.3 Å². The third kappa shape index (κ3) is 4.37. The maximum atomic E-state index is 13.7. The average Bonchev–Trinajstić information content (AvgIpc) is 2.59. The molecule has 0 aliphatic carbocycles. The number of rotatable bonds is 5. The third-order valence-corrected chi connectivity index (χ3v) is 4.16. The molecule has 0 unspecified atom stereocenters. The molecule has 3 heterocycles. The maximum absolute atomic E-state index is 13.7. The van der Waals surface area contributed by atoms with Crippen molar-refractivity contribution in [3.63, 3.8) is 0 Å². The van der Waals surface area contributed by atoms with Gasteiger partial charge in [0.25, 0.3) is 12.0 Å². The van der Waals surface area contributed by atoms with Crippen LogP contribution in [0.2, 0.25) is 0 Å². The van der Waals surface area contributed by atoms with Gasteiger partial charge in [0.1, 0.15) is 18.2 Å². The number of piperazine rings is 1. The van der Waals surface area contributed by atoms with Crippen LogP contribution in [0.4, 0.5) is 23.2 Å². The van der Waals surface area contributed by atoms with Crippen molar-refractivity contribution in [1.82, 2.24) is 19.7 Å². The van der Waals surface area contributed by atoms with Crippen LogP contribution in [0.5, 0.6) is 0 Å². The van der Waals surface area contributed by atoms with Crippen LogP contribution in [0.3, 0.4) is 0 Å². The Labute approximate surface area is 146 Å². The van der Waals surface area contributed by atoms with Crippen LogP contribution in [0.1, 0.15) is 5.69 Å². The van der Waals surface area contributed by atoms with E-state index >= 15 is 0 Å². The van der Waals surface area contributed by atoms with Crippen molar-refractivity contribution in [3.05, 3.63) is 52.2 Å². The Morgan fingerprint density at radius 2 is 1.81 bits per heavy atom. The lowest BCUT2D eigenvalue weighted by Gasteiger charge is -2.35. The van der Waals surface area contributed by atoms with Crippen molar-refractivity contribution < 1.29 is 17.6 Å². The molecule has 10 heteroatoms. The fourth-order valence-electron chi connectivity index (χ4n) is 2.80. The molecule has 0 N–H and O–H groups in total. The minimum absolute atomic E-state index is 0.177. The molecule has 0 atom stereocenters. The van der Waals surface area contributed by atoms with Crippen LogP contribution in [-0.4, -0.2) is 52.3 Å². The molecule has 26 heavy (non-hydrogen) atoms. The summed E-state index contributed by atoms with van der Waals surface area (Å²) in [5.41, 5.74) is 0.158. The van der Waals surface area contributed by atoms with E-state index < -0.39 is 30.2 Å². The molecule has 2 aromatic rings. The quantitative estimate of drug-likeness (QED) is 0.746. The normalized spacial score (nSPS) is 15.7. The lowest BCUT2D eigenvalue weighted by Crippen LogP contribution is -2.46. The van der Waals surface area contributed by atoms with Crippen LogP contribution >= 0.6 is 0 Å². The molecule has 1 aliphatic heterocycles. The molecule has 0 amide bonds. The highest BCUT2D eigenvalue weighted by atomic mass is 19.3. The Bertz CT molecular complexity index is 821. The predicted molar refractivity (Wildman–Crippen MR) is 86.1 cm³/mol. The fraction of sp³-hybridized carbons (Fsp3) is 0.438. The van der Waals surface area contributed by atoms with E-state index in [9.17, 15) is 22.4 Å². The summed E-state index contributed by atoms with van der Waals surface area (Å²) in [5, 5.41) is 3.77. The smallest absolute Gasteiger partial charge is 0.269 e. The summed E-state index contributed by atoms with van der Waals surface area (Å²) in [7, 11) is 0. The van der Waals surface area contributed by atoms with Gasteiger partial charge in [-0.15, -0.1) is 0 Å². The molecule has 0 aromatic carbocycles. The van der Waals surface area contributed by atoms with Gasteiger partial charge in [0.05, 0.1) is 23.8 Å². The van der Waals surface area contributed by atoms with E-state index in [0.717, 1.165) is 16.9 Å². The van der Waals surface area contributed by atoms with Gasteiger partial charge in [-0.2, -0.15) is 5.10 Å². The number of aromatic nitrogens is 3. The molecule has 1 saturated heterocycles. The summed E-state index contributed by atoms with van der Waals surface area (Å²) in [4.78, 5) is 19.5. The van der Waals surface area contributed by atoms with E-state index in [1.807, 2.05) is 9.80 Å². The lowest BCUT2D eigenvalue weighted by atomic mass is 10.2. The minimum atomic E-state index is -2.64. The second-order valence-electron chi connectivity index (χ2n) is 5.97. The highest BCUT2D eigenvalue weighted by molar-refractivity contribution is 5.43. The zero-order valence-electron chi connectivity index (χ0n) is 13.8. The maximum Gasteiger partial charge on any atom is 0.269 e. The topological polar surface area (TPSA) is 54.3 Å². The van der Waals surface area contributed by atoms with E-state index in [-0.39, 0.29) is 12.2 Å². The van der Waals surface area contributed by atoms with Crippen LogP contribution in [0, 0.1) is 11.6 Å². The monoisotopic (exact) mass is 371 g/mol. The van der Waals surface area contributed by atoms with Crippen molar-refractivity contribution >= 4 is 5.69 Å². The molecule has 0 saturated carbocycles. The second kappa shape index (κ2) is 7.81. The molecule has 2 aromatic heterocycles. The molecule has 3 rings (SSSR count). The SMILES string of the molecule is O=c1cc(N2CCN(Cc3ncc(F)cc3F)CC2)cnn1CC(F)F. The molecular formula is C16H17F4N5O. The second-order valence-corrected chi connectivity index (χ2v) is 5.97. The van der Waals surface area contributed by atoms with E-state index in [2.05, 4.69) is 10.1 Å². The van der Waals surface area contributed by atoms with Crippen LogP contribution in [0.25, 0.3) is 0 Å². The summed E-state index contributed by atoms with van der Waals surface area (Å²) in [6.07, 6.45) is -0.273. The first-order valence-electron chi connectivity index (χ1n) is 8.05. The minimum Gasteiger partial charge on any atom is -0.368 e. The van der Waals surface area contributed by atoms with Gasteiger partial charge in [0, 0.05) is 44.9 Å². The zero-order chi connectivity index (χ0) is 18.7. The molecule has 0 bridgehead atoms. The first-order valence-corrected chi connectivity index (χ1v) is 8.05. The summed E-state index contributed by atoms with van der Waals surface area (Å²) in [5.74, 6) is -1.40. The lowest BCUT2D eigenvalue weighted by molar-refractivity contribution is 0.119. The molecule has 1 fully saturated rings. The summed E-state index contributed by atoms with van der Waals surface area (Å²) in [6.45, 7) is 1.81. The van der Waals surface area contributed by atoms with Gasteiger partial charge in [-0.25, -0.2) is 22.2 Å². The Kier molecular flexibility index (Phi) is 5.50. The Hall–Kier alpha value is -2.49. The van der Waals surface area contributed by atoms with Crippen molar-refractivity contribution in [1.29, 1.82) is 0 Å². The number of halogens is 4. The van der Waals surface area contributed by atoms with E-state index in [1.165, 1.54) is 12.3 Å². The van der Waals surface area contributed by atoms with Gasteiger partial charge in [0.15, 0.2) is 0 Å². The van der Waals surface area contributed by atoms with Crippen molar-refractivity contribution in [2.45, 2.75) is 19.5 Å². The number of nitrogens with zero attached hydrogens (tertiary/aromatic N) is 5. The Morgan fingerprint density at radius 3 is 2.42 bits per heavy atom. The number of anilines is 1. The number of pyridine rings is 1. The van der Waals surface area contributed by atoms with E-state index in [1.54, 1.807) is 0 Å². The molecule has 0 radical (unpaired) electrons. The van der Waals surface area contributed by atoms with Crippen LogP contribution in [-0.2, 0) is 13.1 Å². The van der Waals surface area contributed by atoms with Gasteiger partial charge in [-0.05, 0) is 0 Å². The first-order chi connectivity index (χ1) is 12.4. The summed E-state index contributed by atoms with van der Waals surface area (Å²) >= 11 is 0. The zero-order valence-corrected chi connectivity index (χ0v) is 13.8. The highest BCUT2D eigenvalue weighted by Gasteiger charge is 2.20. The van der Waals surface area contributed by atoms with Gasteiger partial charge in [0.2, 0.25) is 0 Å². The number of alkyl halides is 2. The van der Waals surface area contributed by atoms with Crippen molar-refractivity contribution in [3.8, 4) is 0 Å². The number of hydrogen-bond acceptors (Lipinski definition) is 5. The summed E-state index contributed by atoms with van der Waals surface area (Å²) in [6, 6.07) is 2.09. The molecular weight excluding hydrogens is 354 g/mol. The van der Waals surface area contributed by atoms with Gasteiger partial charge < -0.3 is 4.90 Å². The van der Waals surface area contributed by atoms with Gasteiger partial charge >= 0.3 is 0 Å². The predicted octanol–water partition coefficient (Wildman–Crippen LogP) is 1.50. The molecule has 1 aliphatic rings. The fourth-order valence-corrected chi connectivity index (χ4v) is 2.80. The Balaban J connectivity index is 1.60. The molecule has 140 valence electrons. The average molecular weight is 371 g/mol. The van der Waals surface area contributed by atoms with E-state index in [0.29, 0.717) is 31.9 Å². The van der Waals surface area contributed by atoms with Crippen LogP contribution < -0.4 is 10.5 Å². The van der Waals surface area contributed by atoms with Gasteiger partial charge in [-0.1, -0.05) is 0 Å². The number of hydrogen-bond donors (Lipinski definition) is 0. The first kappa shape index (κ1) is 18.3.